The molecule has 110 valence electrons. The van der Waals surface area contributed by atoms with E-state index in [2.05, 4.69) is 29.1 Å². The third-order valence-corrected chi connectivity index (χ3v) is 2.88. The predicted octanol–water partition coefficient (Wildman–Crippen LogP) is 3.44. The summed E-state index contributed by atoms with van der Waals surface area (Å²) in [4.78, 5) is 20.1. The first-order chi connectivity index (χ1) is 9.95. The number of nitrogens with one attached hydrogen (secondary N) is 1. The summed E-state index contributed by atoms with van der Waals surface area (Å²) in [6.07, 6.45) is 2.29. The summed E-state index contributed by atoms with van der Waals surface area (Å²) in [6, 6.07) is 6.11. The number of aromatic nitrogens is 2. The number of nitrogens with zero attached hydrogens (tertiary/aromatic N) is 2. The molecule has 0 saturated carbocycles. The van der Waals surface area contributed by atoms with Gasteiger partial charge >= 0.3 is 0 Å². The van der Waals surface area contributed by atoms with Gasteiger partial charge in [0.05, 0.1) is 17.6 Å². The van der Waals surface area contributed by atoms with Crippen molar-refractivity contribution in [1.82, 2.24) is 9.97 Å². The van der Waals surface area contributed by atoms with Crippen LogP contribution in [0.25, 0.3) is 11.3 Å². The molecule has 1 amide bonds. The predicted molar refractivity (Wildman–Crippen MR) is 80.3 cm³/mol. The number of carbonyl (C=O) groups is 1. The van der Waals surface area contributed by atoms with Crippen LogP contribution in [0.4, 0.5) is 10.2 Å². The highest BCUT2D eigenvalue weighted by Gasteiger charge is 2.12. The number of hydrogen-bond donors (Lipinski definition) is 1. The number of halogens is 1. The summed E-state index contributed by atoms with van der Waals surface area (Å²) in [5.41, 5.74) is 2.20. The van der Waals surface area contributed by atoms with E-state index in [9.17, 15) is 9.18 Å². The van der Waals surface area contributed by atoms with Crippen molar-refractivity contribution in [3.63, 3.8) is 0 Å². The summed E-state index contributed by atoms with van der Waals surface area (Å²) in [5.74, 6) is 0.408. The Morgan fingerprint density at radius 1 is 1.29 bits per heavy atom. The summed E-state index contributed by atoms with van der Waals surface area (Å²) < 4.78 is 13.0. The molecular weight excluding hydrogens is 269 g/mol. The average Bonchev–Trinajstić information content (AvgIpc) is 2.40. The number of amides is 1. The molecule has 1 N–H and O–H groups in total. The van der Waals surface area contributed by atoms with Gasteiger partial charge in [-0.05, 0) is 36.6 Å². The van der Waals surface area contributed by atoms with E-state index in [-0.39, 0.29) is 11.7 Å². The third kappa shape index (κ3) is 4.08. The molecule has 21 heavy (non-hydrogen) atoms. The maximum Gasteiger partial charge on any atom is 0.222 e. The Balaban J connectivity index is 2.40. The normalized spacial score (nSPS) is 10.7. The van der Waals surface area contributed by atoms with Crippen molar-refractivity contribution in [2.24, 2.45) is 5.92 Å². The Bertz CT molecular complexity index is 638. The van der Waals surface area contributed by atoms with E-state index < -0.39 is 0 Å². The highest BCUT2D eigenvalue weighted by atomic mass is 19.1. The molecule has 0 atom stereocenters. The van der Waals surface area contributed by atoms with Crippen molar-refractivity contribution in [2.45, 2.75) is 27.2 Å². The maximum atomic E-state index is 13.0. The molecule has 2 rings (SSSR count). The summed E-state index contributed by atoms with van der Waals surface area (Å²) in [6.45, 7) is 5.59. The van der Waals surface area contributed by atoms with Crippen molar-refractivity contribution < 1.29 is 9.18 Å². The second-order valence-corrected chi connectivity index (χ2v) is 5.34. The molecule has 0 radical (unpaired) electrons. The molecule has 4 nitrogen and oxygen atoms in total. The van der Waals surface area contributed by atoms with Crippen LogP contribution >= 0.6 is 0 Å². The van der Waals surface area contributed by atoms with Gasteiger partial charge in [-0.3, -0.25) is 4.79 Å². The van der Waals surface area contributed by atoms with Crippen LogP contribution < -0.4 is 5.32 Å². The van der Waals surface area contributed by atoms with Gasteiger partial charge in [0.1, 0.15) is 5.82 Å². The summed E-state index contributed by atoms with van der Waals surface area (Å²) in [5, 5.41) is 2.69. The number of benzene rings is 1. The zero-order valence-electron chi connectivity index (χ0n) is 12.4. The van der Waals surface area contributed by atoms with Gasteiger partial charge in [-0.1, -0.05) is 13.8 Å². The Morgan fingerprint density at radius 3 is 2.52 bits per heavy atom. The second kappa shape index (κ2) is 6.43. The number of anilines is 1. The molecule has 1 aromatic heterocycles. The number of rotatable bonds is 4. The van der Waals surface area contributed by atoms with E-state index in [4.69, 9.17) is 0 Å². The van der Waals surface area contributed by atoms with Crippen molar-refractivity contribution in [2.75, 3.05) is 5.32 Å². The van der Waals surface area contributed by atoms with Crippen LogP contribution in [0.3, 0.4) is 0 Å². The fraction of sp³-hybridized carbons (Fsp3) is 0.312. The highest BCUT2D eigenvalue weighted by Crippen LogP contribution is 2.21. The van der Waals surface area contributed by atoms with E-state index in [1.807, 2.05) is 0 Å². The average molecular weight is 287 g/mol. The topological polar surface area (TPSA) is 54.9 Å². The van der Waals surface area contributed by atoms with Crippen LogP contribution in [0.1, 0.15) is 26.5 Å². The molecule has 0 bridgehead atoms. The lowest BCUT2D eigenvalue weighted by Crippen LogP contribution is -2.12. The highest BCUT2D eigenvalue weighted by molar-refractivity contribution is 5.88. The first-order valence-corrected chi connectivity index (χ1v) is 6.85. The monoisotopic (exact) mass is 287 g/mol. The van der Waals surface area contributed by atoms with Crippen molar-refractivity contribution in [3.05, 3.63) is 42.0 Å². The molecule has 1 heterocycles. The van der Waals surface area contributed by atoms with Gasteiger partial charge in [-0.25, -0.2) is 14.4 Å². The Labute approximate surface area is 123 Å². The Kier molecular flexibility index (Phi) is 4.62. The third-order valence-electron chi connectivity index (χ3n) is 2.88. The second-order valence-electron chi connectivity index (χ2n) is 5.34. The minimum Gasteiger partial charge on any atom is -0.309 e. The van der Waals surface area contributed by atoms with E-state index in [0.717, 1.165) is 11.3 Å². The molecule has 0 aliphatic rings. The standard InChI is InChI=1S/C16H18FN3O/c1-10(2)8-14-16(19-11(3)21)18-9-15(20-14)12-4-6-13(17)7-5-12/h4-7,9-10H,8H2,1-3H3,(H,18,19,21). The van der Waals surface area contributed by atoms with Gasteiger partial charge in [0.25, 0.3) is 0 Å². The molecule has 0 aliphatic carbocycles. The van der Waals surface area contributed by atoms with E-state index in [1.54, 1.807) is 18.3 Å². The Hall–Kier alpha value is -2.30. The number of hydrogen-bond acceptors (Lipinski definition) is 3. The van der Waals surface area contributed by atoms with Crippen molar-refractivity contribution in [1.29, 1.82) is 0 Å². The van der Waals surface area contributed by atoms with Gasteiger partial charge in [-0.15, -0.1) is 0 Å². The lowest BCUT2D eigenvalue weighted by atomic mass is 10.1. The van der Waals surface area contributed by atoms with Gasteiger partial charge < -0.3 is 5.32 Å². The van der Waals surface area contributed by atoms with Crippen LogP contribution in [-0.2, 0) is 11.2 Å². The fourth-order valence-corrected chi connectivity index (χ4v) is 1.99. The largest absolute Gasteiger partial charge is 0.309 e. The van der Waals surface area contributed by atoms with E-state index in [0.29, 0.717) is 23.9 Å². The maximum absolute atomic E-state index is 13.0. The smallest absolute Gasteiger partial charge is 0.222 e. The molecule has 0 unspecified atom stereocenters. The lowest BCUT2D eigenvalue weighted by molar-refractivity contribution is -0.114. The molecule has 0 saturated heterocycles. The minimum absolute atomic E-state index is 0.177. The first-order valence-electron chi connectivity index (χ1n) is 6.85. The molecular formula is C16H18FN3O. The van der Waals surface area contributed by atoms with Gasteiger partial charge in [0.15, 0.2) is 5.82 Å². The molecule has 0 spiro atoms. The van der Waals surface area contributed by atoms with Gasteiger partial charge in [-0.2, -0.15) is 0 Å². The van der Waals surface area contributed by atoms with E-state index in [1.165, 1.54) is 19.1 Å². The Morgan fingerprint density at radius 2 is 1.95 bits per heavy atom. The molecule has 5 heteroatoms. The van der Waals surface area contributed by atoms with Crippen LogP contribution in [0.2, 0.25) is 0 Å². The SMILES string of the molecule is CC(=O)Nc1ncc(-c2ccc(F)cc2)nc1CC(C)C. The molecule has 0 aliphatic heterocycles. The van der Waals surface area contributed by atoms with Crippen LogP contribution in [-0.4, -0.2) is 15.9 Å². The molecule has 0 fully saturated rings. The van der Waals surface area contributed by atoms with Crippen LogP contribution in [0, 0.1) is 11.7 Å². The summed E-state index contributed by atoms with van der Waals surface area (Å²) >= 11 is 0. The fourth-order valence-electron chi connectivity index (χ4n) is 1.99. The van der Waals surface area contributed by atoms with Crippen LogP contribution in [0.5, 0.6) is 0 Å². The minimum atomic E-state index is -0.288. The molecule has 2 aromatic rings. The quantitative estimate of drug-likeness (QED) is 0.937. The first kappa shape index (κ1) is 15.1. The van der Waals surface area contributed by atoms with Crippen molar-refractivity contribution >= 4 is 11.7 Å². The van der Waals surface area contributed by atoms with Crippen molar-refractivity contribution in [3.8, 4) is 11.3 Å². The zero-order valence-corrected chi connectivity index (χ0v) is 12.4. The lowest BCUT2D eigenvalue weighted by Gasteiger charge is -2.12. The van der Waals surface area contributed by atoms with Crippen LogP contribution in [0.15, 0.2) is 30.5 Å². The summed E-state index contributed by atoms with van der Waals surface area (Å²) in [7, 11) is 0. The van der Waals surface area contributed by atoms with Gasteiger partial charge in [0.2, 0.25) is 5.91 Å². The zero-order chi connectivity index (χ0) is 15.4. The number of carbonyl (C=O) groups excluding carboxylic acids is 1. The van der Waals surface area contributed by atoms with Gasteiger partial charge in [0, 0.05) is 12.5 Å². The van der Waals surface area contributed by atoms with E-state index >= 15 is 0 Å². The molecule has 1 aromatic carbocycles.